The maximum absolute atomic E-state index is 11.7. The summed E-state index contributed by atoms with van der Waals surface area (Å²) in [5.74, 6) is 0.585. The van der Waals surface area contributed by atoms with Gasteiger partial charge in [0.15, 0.2) is 0 Å². The number of ether oxygens (including phenoxy) is 1. The molecule has 0 heterocycles. The number of methoxy groups -OCH3 is 1. The highest BCUT2D eigenvalue weighted by Gasteiger charge is 2.14. The van der Waals surface area contributed by atoms with Crippen LogP contribution in [0.5, 0.6) is 5.75 Å². The summed E-state index contributed by atoms with van der Waals surface area (Å²) < 4.78 is 6.76. The molecule has 3 nitrogen and oxygen atoms in total. The van der Waals surface area contributed by atoms with E-state index >= 15 is 0 Å². The van der Waals surface area contributed by atoms with Crippen molar-refractivity contribution >= 4 is 55.1 Å². The number of halogens is 3. The van der Waals surface area contributed by atoms with Crippen molar-refractivity contribution in [2.45, 2.75) is 6.92 Å². The second kappa shape index (κ2) is 6.61. The lowest BCUT2D eigenvalue weighted by Gasteiger charge is -2.13. The molecule has 0 aromatic heterocycles. The van der Waals surface area contributed by atoms with Crippen LogP contribution in [0.3, 0.4) is 0 Å². The maximum atomic E-state index is 11.7. The molecular weight excluding hydrogens is 373 g/mol. The highest BCUT2D eigenvalue weighted by Crippen LogP contribution is 2.34. The molecule has 1 unspecified atom stereocenters. The van der Waals surface area contributed by atoms with Crippen LogP contribution < -0.4 is 10.1 Å². The van der Waals surface area contributed by atoms with Crippen molar-refractivity contribution in [2.75, 3.05) is 18.3 Å². The van der Waals surface area contributed by atoms with E-state index in [2.05, 4.69) is 37.2 Å². The fraction of sp³-hybridized carbons (Fsp3) is 0.364. The van der Waals surface area contributed by atoms with Gasteiger partial charge in [0.1, 0.15) is 5.75 Å². The van der Waals surface area contributed by atoms with Crippen LogP contribution in [0, 0.1) is 5.92 Å². The van der Waals surface area contributed by atoms with Crippen molar-refractivity contribution < 1.29 is 9.53 Å². The van der Waals surface area contributed by atoms with Crippen LogP contribution in [0.25, 0.3) is 0 Å². The largest absolute Gasteiger partial charge is 0.495 e. The third-order valence-corrected chi connectivity index (χ3v) is 3.92. The van der Waals surface area contributed by atoms with Crippen LogP contribution >= 0.6 is 43.5 Å². The monoisotopic (exact) mass is 383 g/mol. The van der Waals surface area contributed by atoms with Gasteiger partial charge in [-0.05, 0) is 37.9 Å². The minimum absolute atomic E-state index is 0.120. The Morgan fingerprint density at radius 3 is 2.65 bits per heavy atom. The quantitative estimate of drug-likeness (QED) is 0.795. The van der Waals surface area contributed by atoms with Crippen LogP contribution in [0.1, 0.15) is 6.92 Å². The molecule has 0 radical (unpaired) electrons. The van der Waals surface area contributed by atoms with E-state index in [0.717, 1.165) is 8.95 Å². The van der Waals surface area contributed by atoms with E-state index in [1.807, 2.05) is 6.07 Å². The van der Waals surface area contributed by atoms with Crippen LogP contribution in [0.2, 0.25) is 0 Å². The first kappa shape index (κ1) is 14.8. The lowest BCUT2D eigenvalue weighted by molar-refractivity contribution is -0.118. The molecule has 0 spiro atoms. The lowest BCUT2D eigenvalue weighted by atomic mass is 10.2. The first-order valence-corrected chi connectivity index (χ1v) is 7.01. The molecular formula is C11H12Br2ClNO2. The molecule has 1 aromatic rings. The third-order valence-electron chi connectivity index (χ3n) is 2.18. The first-order valence-electron chi connectivity index (χ1n) is 4.89. The Kier molecular flexibility index (Phi) is 5.76. The Bertz CT molecular complexity index is 426. The van der Waals surface area contributed by atoms with E-state index in [-0.39, 0.29) is 17.7 Å². The molecule has 0 aliphatic carbocycles. The van der Waals surface area contributed by atoms with Gasteiger partial charge in [-0.1, -0.05) is 6.92 Å². The van der Waals surface area contributed by atoms with Crippen molar-refractivity contribution in [2.24, 2.45) is 5.92 Å². The van der Waals surface area contributed by atoms with E-state index in [0.29, 0.717) is 11.4 Å². The van der Waals surface area contributed by atoms with Crippen LogP contribution in [-0.2, 0) is 4.79 Å². The van der Waals surface area contributed by atoms with Gasteiger partial charge in [-0.25, -0.2) is 0 Å². The molecule has 0 saturated heterocycles. The molecule has 6 heteroatoms. The highest BCUT2D eigenvalue weighted by molar-refractivity contribution is 9.11. The molecule has 1 aromatic carbocycles. The van der Waals surface area contributed by atoms with E-state index in [1.165, 1.54) is 0 Å². The summed E-state index contributed by atoms with van der Waals surface area (Å²) in [5, 5.41) is 2.79. The summed E-state index contributed by atoms with van der Waals surface area (Å²) in [4.78, 5) is 11.7. The first-order chi connectivity index (χ1) is 7.99. The van der Waals surface area contributed by atoms with Crippen molar-refractivity contribution in [3.63, 3.8) is 0 Å². The molecule has 0 fully saturated rings. The Morgan fingerprint density at radius 1 is 1.47 bits per heavy atom. The number of hydrogen-bond acceptors (Lipinski definition) is 2. The van der Waals surface area contributed by atoms with Gasteiger partial charge in [-0.3, -0.25) is 4.79 Å². The summed E-state index contributed by atoms with van der Waals surface area (Å²) in [5.41, 5.74) is 0.659. The summed E-state index contributed by atoms with van der Waals surface area (Å²) >= 11 is 12.4. The van der Waals surface area contributed by atoms with E-state index in [9.17, 15) is 4.79 Å². The van der Waals surface area contributed by atoms with E-state index < -0.39 is 0 Å². The Labute approximate surface area is 122 Å². The smallest absolute Gasteiger partial charge is 0.228 e. The highest BCUT2D eigenvalue weighted by atomic mass is 79.9. The number of carbonyl (C=O) groups is 1. The average molecular weight is 385 g/mol. The number of amides is 1. The fourth-order valence-corrected chi connectivity index (χ4v) is 2.50. The molecule has 1 amide bonds. The Morgan fingerprint density at radius 2 is 2.12 bits per heavy atom. The van der Waals surface area contributed by atoms with Crippen molar-refractivity contribution in [1.29, 1.82) is 0 Å². The third kappa shape index (κ3) is 3.86. The van der Waals surface area contributed by atoms with Crippen LogP contribution in [0.15, 0.2) is 21.1 Å². The second-order valence-electron chi connectivity index (χ2n) is 3.51. The normalized spacial score (nSPS) is 12.1. The number of rotatable bonds is 4. The second-order valence-corrected chi connectivity index (χ2v) is 5.53. The lowest BCUT2D eigenvalue weighted by Crippen LogP contribution is -2.21. The molecule has 94 valence electrons. The van der Waals surface area contributed by atoms with Gasteiger partial charge in [0, 0.05) is 22.3 Å². The number of anilines is 1. The van der Waals surface area contributed by atoms with Crippen LogP contribution in [0.4, 0.5) is 5.69 Å². The Hall–Kier alpha value is -0.260. The molecule has 17 heavy (non-hydrogen) atoms. The number of alkyl halides is 1. The predicted molar refractivity (Wildman–Crippen MR) is 76.9 cm³/mol. The molecule has 1 rings (SSSR count). The van der Waals surface area contributed by atoms with E-state index in [1.54, 1.807) is 20.1 Å². The minimum Gasteiger partial charge on any atom is -0.495 e. The van der Waals surface area contributed by atoms with Gasteiger partial charge in [-0.15, -0.1) is 11.6 Å². The Balaban J connectivity index is 2.95. The SMILES string of the molecule is COc1cc(NC(=O)C(C)CCl)c(Br)cc1Br. The van der Waals surface area contributed by atoms with E-state index in [4.69, 9.17) is 16.3 Å². The molecule has 0 aliphatic heterocycles. The van der Waals surface area contributed by atoms with Gasteiger partial charge in [-0.2, -0.15) is 0 Å². The predicted octanol–water partition coefficient (Wildman–Crippen LogP) is 4.03. The van der Waals surface area contributed by atoms with Gasteiger partial charge in [0.2, 0.25) is 5.91 Å². The minimum atomic E-state index is -0.238. The van der Waals surface area contributed by atoms with Gasteiger partial charge >= 0.3 is 0 Å². The summed E-state index contributed by atoms with van der Waals surface area (Å²) in [6.07, 6.45) is 0. The summed E-state index contributed by atoms with van der Waals surface area (Å²) in [6.45, 7) is 1.77. The zero-order valence-electron chi connectivity index (χ0n) is 9.39. The summed E-state index contributed by atoms with van der Waals surface area (Å²) in [7, 11) is 1.57. The van der Waals surface area contributed by atoms with Crippen molar-refractivity contribution in [1.82, 2.24) is 0 Å². The molecule has 1 N–H and O–H groups in total. The average Bonchev–Trinajstić information content (AvgIpc) is 2.31. The van der Waals surface area contributed by atoms with Gasteiger partial charge < -0.3 is 10.1 Å². The molecule has 1 atom stereocenters. The zero-order valence-corrected chi connectivity index (χ0v) is 13.3. The fourth-order valence-electron chi connectivity index (χ4n) is 1.11. The molecule has 0 bridgehead atoms. The zero-order chi connectivity index (χ0) is 13.0. The standard InChI is InChI=1S/C11H12Br2ClNO2/c1-6(5-14)11(16)15-9-4-10(17-2)8(13)3-7(9)12/h3-4,6H,5H2,1-2H3,(H,15,16). The topological polar surface area (TPSA) is 38.3 Å². The molecule has 0 aliphatic rings. The number of hydrogen-bond donors (Lipinski definition) is 1. The number of benzene rings is 1. The number of carbonyl (C=O) groups excluding carboxylic acids is 1. The summed E-state index contributed by atoms with van der Waals surface area (Å²) in [6, 6.07) is 3.56. The van der Waals surface area contributed by atoms with Crippen molar-refractivity contribution in [3.8, 4) is 5.75 Å². The number of nitrogens with one attached hydrogen (secondary N) is 1. The van der Waals surface area contributed by atoms with Crippen molar-refractivity contribution in [3.05, 3.63) is 21.1 Å². The maximum Gasteiger partial charge on any atom is 0.228 e. The van der Waals surface area contributed by atoms with Gasteiger partial charge in [0.05, 0.1) is 17.3 Å². The molecule has 0 saturated carbocycles. The van der Waals surface area contributed by atoms with Crippen LogP contribution in [-0.4, -0.2) is 18.9 Å². The van der Waals surface area contributed by atoms with Gasteiger partial charge in [0.25, 0.3) is 0 Å².